The average molecular weight is 483 g/mol. The third-order valence-corrected chi connectivity index (χ3v) is 5.57. The van der Waals surface area contributed by atoms with Crippen LogP contribution in [0.15, 0.2) is 32.6 Å². The molecule has 9 heteroatoms. The van der Waals surface area contributed by atoms with Crippen LogP contribution in [0.1, 0.15) is 34.6 Å². The van der Waals surface area contributed by atoms with Crippen molar-refractivity contribution in [3.8, 4) is 0 Å². The first-order valence-corrected chi connectivity index (χ1v) is 11.2. The number of thioether (sulfide) groups is 1. The van der Waals surface area contributed by atoms with Gasteiger partial charge in [-0.3, -0.25) is 19.5 Å². The molecule has 2 N–H and O–H groups in total. The topological polar surface area (TPSA) is 93.1 Å². The number of aromatic nitrogens is 2. The van der Waals surface area contributed by atoms with Crippen molar-refractivity contribution in [3.63, 3.8) is 0 Å². The Bertz CT molecular complexity index is 959. The van der Waals surface area contributed by atoms with Crippen LogP contribution in [-0.2, 0) is 11.3 Å². The standard InChI is InChI=1S/C20H27BrN4O3S/c1-11(2)9-22-19(28)24-17(26)13(5)29-20-23-16-7-6-14(21)8-15(16)18(27)25(20)10-12(3)4/h6-8,11-13H,9-10H2,1-5H3,(H2,22,24,26,28). The van der Waals surface area contributed by atoms with Gasteiger partial charge in [-0.2, -0.15) is 0 Å². The minimum atomic E-state index is -0.599. The fourth-order valence-electron chi connectivity index (χ4n) is 2.56. The van der Waals surface area contributed by atoms with Crippen LogP contribution in [0.4, 0.5) is 4.79 Å². The molecule has 1 aromatic carbocycles. The molecule has 3 amide bonds. The molecule has 0 radical (unpaired) electrons. The molecule has 1 unspecified atom stereocenters. The molecule has 1 heterocycles. The zero-order valence-corrected chi connectivity index (χ0v) is 19.7. The number of benzene rings is 1. The second-order valence-electron chi connectivity index (χ2n) is 7.72. The van der Waals surface area contributed by atoms with Gasteiger partial charge in [0.1, 0.15) is 0 Å². The van der Waals surface area contributed by atoms with Crippen molar-refractivity contribution in [3.05, 3.63) is 33.0 Å². The van der Waals surface area contributed by atoms with E-state index in [1.165, 1.54) is 11.8 Å². The number of imide groups is 1. The Morgan fingerprint density at radius 3 is 2.48 bits per heavy atom. The van der Waals surface area contributed by atoms with Crippen molar-refractivity contribution in [2.75, 3.05) is 6.54 Å². The van der Waals surface area contributed by atoms with Gasteiger partial charge in [0.2, 0.25) is 5.91 Å². The van der Waals surface area contributed by atoms with Crippen LogP contribution in [0.2, 0.25) is 0 Å². The molecule has 158 valence electrons. The Kier molecular flexibility index (Phi) is 8.27. The van der Waals surface area contributed by atoms with Crippen molar-refractivity contribution in [1.29, 1.82) is 0 Å². The van der Waals surface area contributed by atoms with Crippen molar-refractivity contribution in [2.24, 2.45) is 11.8 Å². The SMILES string of the molecule is CC(C)CNC(=O)NC(=O)C(C)Sc1nc2ccc(Br)cc2c(=O)n1CC(C)C. The first-order chi connectivity index (χ1) is 13.6. The van der Waals surface area contributed by atoms with Crippen LogP contribution in [0.25, 0.3) is 10.9 Å². The number of urea groups is 1. The molecule has 0 fully saturated rings. The first kappa shape index (κ1) is 23.4. The number of rotatable bonds is 7. The number of carbonyl (C=O) groups is 2. The Hall–Kier alpha value is -1.87. The predicted molar refractivity (Wildman–Crippen MR) is 120 cm³/mol. The molecule has 0 aliphatic carbocycles. The van der Waals surface area contributed by atoms with Crippen LogP contribution < -0.4 is 16.2 Å². The highest BCUT2D eigenvalue weighted by Crippen LogP contribution is 2.24. The molecule has 0 aliphatic rings. The molecular formula is C20H27BrN4O3S. The van der Waals surface area contributed by atoms with Crippen molar-refractivity contribution in [2.45, 2.75) is 51.6 Å². The second-order valence-corrected chi connectivity index (χ2v) is 9.94. The lowest BCUT2D eigenvalue weighted by Crippen LogP contribution is -2.43. The van der Waals surface area contributed by atoms with Gasteiger partial charge in [0, 0.05) is 17.6 Å². The van der Waals surface area contributed by atoms with Gasteiger partial charge in [-0.15, -0.1) is 0 Å². The van der Waals surface area contributed by atoms with Gasteiger partial charge < -0.3 is 5.32 Å². The zero-order chi connectivity index (χ0) is 21.7. The summed E-state index contributed by atoms with van der Waals surface area (Å²) in [5, 5.41) is 5.38. The summed E-state index contributed by atoms with van der Waals surface area (Å²) >= 11 is 4.56. The van der Waals surface area contributed by atoms with Crippen LogP contribution in [0.5, 0.6) is 0 Å². The van der Waals surface area contributed by atoms with Gasteiger partial charge in [0.25, 0.3) is 5.56 Å². The lowest BCUT2D eigenvalue weighted by Gasteiger charge is -2.17. The maximum Gasteiger partial charge on any atom is 0.321 e. The van der Waals surface area contributed by atoms with E-state index in [2.05, 4.69) is 31.5 Å². The Labute approximate surface area is 183 Å². The molecular weight excluding hydrogens is 456 g/mol. The van der Waals surface area contributed by atoms with Crippen LogP contribution >= 0.6 is 27.7 Å². The fourth-order valence-corrected chi connectivity index (χ4v) is 3.83. The lowest BCUT2D eigenvalue weighted by atomic mass is 10.2. The molecule has 7 nitrogen and oxygen atoms in total. The molecule has 1 atom stereocenters. The highest BCUT2D eigenvalue weighted by atomic mass is 79.9. The summed E-state index contributed by atoms with van der Waals surface area (Å²) in [6, 6.07) is 4.83. The van der Waals surface area contributed by atoms with E-state index in [0.29, 0.717) is 29.1 Å². The molecule has 0 aliphatic heterocycles. The minimum Gasteiger partial charge on any atom is -0.338 e. The smallest absolute Gasteiger partial charge is 0.321 e. The second kappa shape index (κ2) is 10.2. The van der Waals surface area contributed by atoms with Gasteiger partial charge in [-0.05, 0) is 37.0 Å². The first-order valence-electron chi connectivity index (χ1n) is 9.54. The van der Waals surface area contributed by atoms with E-state index in [-0.39, 0.29) is 17.4 Å². The van der Waals surface area contributed by atoms with Gasteiger partial charge in [0.05, 0.1) is 16.2 Å². The number of nitrogens with zero attached hydrogens (tertiary/aromatic N) is 2. The van der Waals surface area contributed by atoms with Crippen LogP contribution in [0.3, 0.4) is 0 Å². The van der Waals surface area contributed by atoms with Crippen LogP contribution in [0, 0.1) is 11.8 Å². The average Bonchev–Trinajstić information content (AvgIpc) is 2.63. The van der Waals surface area contributed by atoms with E-state index < -0.39 is 17.2 Å². The third-order valence-electron chi connectivity index (χ3n) is 3.99. The summed E-state index contributed by atoms with van der Waals surface area (Å²) < 4.78 is 2.41. The molecule has 2 rings (SSSR count). The maximum absolute atomic E-state index is 13.0. The Morgan fingerprint density at radius 1 is 1.17 bits per heavy atom. The minimum absolute atomic E-state index is 0.144. The monoisotopic (exact) mass is 482 g/mol. The number of carbonyl (C=O) groups excluding carboxylic acids is 2. The highest BCUT2D eigenvalue weighted by molar-refractivity contribution is 9.10. The molecule has 2 aromatic rings. The fraction of sp³-hybridized carbons (Fsp3) is 0.500. The number of fused-ring (bicyclic) bond motifs is 1. The van der Waals surface area contributed by atoms with Crippen molar-refractivity contribution in [1.82, 2.24) is 20.2 Å². The summed E-state index contributed by atoms with van der Waals surface area (Å²) in [5.41, 5.74) is 0.428. The molecule has 29 heavy (non-hydrogen) atoms. The summed E-state index contributed by atoms with van der Waals surface area (Å²) in [5.74, 6) is 0.0804. The Morgan fingerprint density at radius 2 is 1.86 bits per heavy atom. The van der Waals surface area contributed by atoms with Gasteiger partial charge in [0.15, 0.2) is 5.16 Å². The van der Waals surface area contributed by atoms with Gasteiger partial charge >= 0.3 is 6.03 Å². The summed E-state index contributed by atoms with van der Waals surface area (Å²) in [4.78, 5) is 41.9. The van der Waals surface area contributed by atoms with E-state index in [1.807, 2.05) is 33.8 Å². The third kappa shape index (κ3) is 6.57. The van der Waals surface area contributed by atoms with Gasteiger partial charge in [-0.25, -0.2) is 9.78 Å². The van der Waals surface area contributed by atoms with E-state index in [4.69, 9.17) is 0 Å². The Balaban J connectivity index is 2.27. The molecule has 0 saturated carbocycles. The zero-order valence-electron chi connectivity index (χ0n) is 17.3. The lowest BCUT2D eigenvalue weighted by molar-refractivity contribution is -0.119. The molecule has 0 bridgehead atoms. The van der Waals surface area contributed by atoms with Crippen molar-refractivity contribution >= 4 is 50.5 Å². The van der Waals surface area contributed by atoms with E-state index in [0.717, 1.165) is 4.47 Å². The summed E-state index contributed by atoms with van der Waals surface area (Å²) in [7, 11) is 0. The van der Waals surface area contributed by atoms with Crippen molar-refractivity contribution < 1.29 is 9.59 Å². The number of nitrogens with one attached hydrogen (secondary N) is 2. The van der Waals surface area contributed by atoms with E-state index in [1.54, 1.807) is 23.6 Å². The number of hydrogen-bond acceptors (Lipinski definition) is 5. The van der Waals surface area contributed by atoms with Crippen LogP contribution in [-0.4, -0.2) is 33.3 Å². The number of halogens is 1. The highest BCUT2D eigenvalue weighted by Gasteiger charge is 2.21. The molecule has 1 aromatic heterocycles. The molecule has 0 spiro atoms. The van der Waals surface area contributed by atoms with Gasteiger partial charge in [-0.1, -0.05) is 55.4 Å². The molecule has 0 saturated heterocycles. The normalized spacial score (nSPS) is 12.4. The largest absolute Gasteiger partial charge is 0.338 e. The maximum atomic E-state index is 13.0. The van der Waals surface area contributed by atoms with E-state index in [9.17, 15) is 14.4 Å². The quantitative estimate of drug-likeness (QED) is 0.462. The predicted octanol–water partition coefficient (Wildman–Crippen LogP) is 3.78. The number of amides is 3. The summed E-state index contributed by atoms with van der Waals surface area (Å²) in [6.07, 6.45) is 0. The summed E-state index contributed by atoms with van der Waals surface area (Å²) in [6.45, 7) is 10.6. The number of hydrogen-bond donors (Lipinski definition) is 2. The van der Waals surface area contributed by atoms with E-state index >= 15 is 0 Å².